The van der Waals surface area contributed by atoms with Crippen LogP contribution in [-0.2, 0) is 16.1 Å². The predicted octanol–water partition coefficient (Wildman–Crippen LogP) is 3.81. The molecule has 0 saturated heterocycles. The van der Waals surface area contributed by atoms with E-state index in [0.29, 0.717) is 12.6 Å². The third kappa shape index (κ3) is 4.29. The van der Waals surface area contributed by atoms with Crippen molar-refractivity contribution in [1.82, 2.24) is 4.57 Å². The Labute approximate surface area is 161 Å². The average molecular weight is 377 g/mol. The Balaban J connectivity index is 1.90. The van der Waals surface area contributed by atoms with E-state index >= 15 is 0 Å². The molecule has 1 aromatic heterocycles. The summed E-state index contributed by atoms with van der Waals surface area (Å²) in [5.41, 5.74) is 2.93. The van der Waals surface area contributed by atoms with E-state index < -0.39 is 17.5 Å². The van der Waals surface area contributed by atoms with E-state index in [0.717, 1.165) is 27.8 Å². The number of hydrogen-bond acceptors (Lipinski definition) is 4. The molecule has 0 saturated carbocycles. The molecule has 0 fully saturated rings. The number of aromatic nitrogens is 1. The third-order valence-electron chi connectivity index (χ3n) is 4.26. The molecule has 3 aromatic rings. The second kappa shape index (κ2) is 8.26. The van der Waals surface area contributed by atoms with E-state index in [2.05, 4.69) is 4.57 Å². The zero-order valence-electron chi connectivity index (χ0n) is 15.2. The Hall–Kier alpha value is -3.80. The Bertz CT molecular complexity index is 1070. The normalized spacial score (nSPS) is 11.8. The van der Waals surface area contributed by atoms with Crippen molar-refractivity contribution in [1.29, 1.82) is 0 Å². The van der Waals surface area contributed by atoms with Gasteiger partial charge in [-0.2, -0.15) is 0 Å². The second-order valence-electron chi connectivity index (χ2n) is 6.15. The van der Waals surface area contributed by atoms with Gasteiger partial charge in [-0.05, 0) is 35.9 Å². The fourth-order valence-electron chi connectivity index (χ4n) is 2.88. The molecule has 0 aliphatic heterocycles. The highest BCUT2D eigenvalue weighted by Crippen LogP contribution is 2.24. The molecule has 2 aromatic carbocycles. The van der Waals surface area contributed by atoms with Gasteiger partial charge in [0.15, 0.2) is 5.78 Å². The van der Waals surface area contributed by atoms with Gasteiger partial charge < -0.3 is 19.5 Å². The highest BCUT2D eigenvalue weighted by Gasteiger charge is 2.08. The van der Waals surface area contributed by atoms with Gasteiger partial charge in [-0.15, -0.1) is 0 Å². The largest absolute Gasteiger partial charge is 0.502 e. The van der Waals surface area contributed by atoms with Crippen LogP contribution >= 0.6 is 0 Å². The Morgan fingerprint density at radius 3 is 2.46 bits per heavy atom. The van der Waals surface area contributed by atoms with Crippen molar-refractivity contribution in [2.24, 2.45) is 0 Å². The standard InChI is InChI=1S/C22H19NO5/c1-28-18-10-6-15(7-11-18)13-23-14-16(19-4-2-3-5-20(19)23)8-9-17(24)12-21(25)22(26)27/h2-12,14,25H,13H2,1H3,(H,26,27)/b9-8+,21-12-. The third-order valence-corrected chi connectivity index (χ3v) is 4.26. The maximum absolute atomic E-state index is 11.8. The van der Waals surface area contributed by atoms with E-state index in [1.807, 2.05) is 54.7 Å². The van der Waals surface area contributed by atoms with Crippen LogP contribution in [0, 0.1) is 0 Å². The number of aliphatic hydroxyl groups excluding tert-OH is 1. The number of nitrogens with zero attached hydrogens (tertiary/aromatic N) is 1. The summed E-state index contributed by atoms with van der Waals surface area (Å²) in [5.74, 6) is -2.35. The van der Waals surface area contributed by atoms with Gasteiger partial charge in [-0.1, -0.05) is 30.3 Å². The zero-order chi connectivity index (χ0) is 20.1. The van der Waals surface area contributed by atoms with Gasteiger partial charge in [0.2, 0.25) is 5.76 Å². The molecule has 28 heavy (non-hydrogen) atoms. The van der Waals surface area contributed by atoms with Gasteiger partial charge >= 0.3 is 5.97 Å². The summed E-state index contributed by atoms with van der Waals surface area (Å²) in [6.45, 7) is 0.645. The number of carbonyl (C=O) groups excluding carboxylic acids is 1. The molecular formula is C22H19NO5. The summed E-state index contributed by atoms with van der Waals surface area (Å²) in [4.78, 5) is 22.4. The minimum absolute atomic E-state index is 0.605. The molecule has 0 aliphatic carbocycles. The Morgan fingerprint density at radius 1 is 1.07 bits per heavy atom. The number of allylic oxidation sites excluding steroid dienone is 2. The topological polar surface area (TPSA) is 88.8 Å². The first kappa shape index (κ1) is 19.0. The van der Waals surface area contributed by atoms with Gasteiger partial charge in [0.1, 0.15) is 5.75 Å². The number of para-hydroxylation sites is 1. The lowest BCUT2D eigenvalue weighted by molar-refractivity contribution is -0.135. The fraction of sp³-hybridized carbons (Fsp3) is 0.0909. The number of aliphatic carboxylic acids is 1. The molecule has 6 nitrogen and oxygen atoms in total. The summed E-state index contributed by atoms with van der Waals surface area (Å²) in [6.07, 6.45) is 5.45. The van der Waals surface area contributed by atoms with Crippen LogP contribution in [0.5, 0.6) is 5.75 Å². The molecule has 0 radical (unpaired) electrons. The Kier molecular flexibility index (Phi) is 5.60. The number of fused-ring (bicyclic) bond motifs is 1. The second-order valence-corrected chi connectivity index (χ2v) is 6.15. The van der Waals surface area contributed by atoms with Crippen molar-refractivity contribution in [2.45, 2.75) is 6.54 Å². The zero-order valence-corrected chi connectivity index (χ0v) is 15.2. The lowest BCUT2D eigenvalue weighted by Gasteiger charge is -2.06. The molecule has 0 atom stereocenters. The van der Waals surface area contributed by atoms with Crippen molar-refractivity contribution >= 4 is 28.7 Å². The minimum Gasteiger partial charge on any atom is -0.502 e. The molecule has 0 amide bonds. The maximum Gasteiger partial charge on any atom is 0.371 e. The fourth-order valence-corrected chi connectivity index (χ4v) is 2.88. The van der Waals surface area contributed by atoms with Gasteiger partial charge in [0.25, 0.3) is 0 Å². The summed E-state index contributed by atoms with van der Waals surface area (Å²) < 4.78 is 7.26. The number of ketones is 1. The van der Waals surface area contributed by atoms with Crippen molar-refractivity contribution < 1.29 is 24.5 Å². The first-order valence-corrected chi connectivity index (χ1v) is 8.54. The first-order chi connectivity index (χ1) is 13.5. The van der Waals surface area contributed by atoms with E-state index in [-0.39, 0.29) is 0 Å². The molecule has 3 rings (SSSR count). The minimum atomic E-state index is -1.54. The van der Waals surface area contributed by atoms with Crippen LogP contribution in [0.2, 0.25) is 0 Å². The maximum atomic E-state index is 11.8. The summed E-state index contributed by atoms with van der Waals surface area (Å²) in [7, 11) is 1.62. The van der Waals surface area contributed by atoms with E-state index in [1.165, 1.54) is 6.08 Å². The van der Waals surface area contributed by atoms with Crippen LogP contribution < -0.4 is 4.74 Å². The van der Waals surface area contributed by atoms with Crippen LogP contribution in [0.25, 0.3) is 17.0 Å². The molecule has 0 bridgehead atoms. The van der Waals surface area contributed by atoms with Gasteiger partial charge in [-0.25, -0.2) is 4.79 Å². The number of carboxylic acids is 1. The lowest BCUT2D eigenvalue weighted by atomic mass is 10.1. The number of hydrogen-bond donors (Lipinski definition) is 2. The van der Waals surface area contributed by atoms with Crippen LogP contribution in [0.4, 0.5) is 0 Å². The van der Waals surface area contributed by atoms with Gasteiger partial charge in [0, 0.05) is 35.3 Å². The highest BCUT2D eigenvalue weighted by atomic mass is 16.5. The molecule has 0 aliphatic rings. The van der Waals surface area contributed by atoms with Crippen molar-refractivity contribution in [3.05, 3.63) is 83.8 Å². The summed E-state index contributed by atoms with van der Waals surface area (Å²) >= 11 is 0. The van der Waals surface area contributed by atoms with Crippen LogP contribution in [-0.4, -0.2) is 33.6 Å². The van der Waals surface area contributed by atoms with Crippen molar-refractivity contribution in [3.63, 3.8) is 0 Å². The molecule has 142 valence electrons. The van der Waals surface area contributed by atoms with E-state index in [4.69, 9.17) is 14.9 Å². The molecule has 6 heteroatoms. The number of carbonyl (C=O) groups is 2. The molecular weight excluding hydrogens is 358 g/mol. The molecule has 0 unspecified atom stereocenters. The molecule has 1 heterocycles. The van der Waals surface area contributed by atoms with E-state index in [1.54, 1.807) is 13.2 Å². The SMILES string of the molecule is COc1ccc(Cn2cc(/C=C/C(=O)/C=C(\O)C(=O)O)c3ccccc32)cc1. The number of aliphatic hydroxyl groups is 1. The van der Waals surface area contributed by atoms with Crippen molar-refractivity contribution in [2.75, 3.05) is 7.11 Å². The van der Waals surface area contributed by atoms with E-state index in [9.17, 15) is 9.59 Å². The summed E-state index contributed by atoms with van der Waals surface area (Å²) in [5, 5.41) is 18.8. The molecule has 0 spiro atoms. The van der Waals surface area contributed by atoms with Crippen LogP contribution in [0.15, 0.2) is 72.6 Å². The quantitative estimate of drug-likeness (QED) is 0.483. The number of benzene rings is 2. The monoisotopic (exact) mass is 377 g/mol. The Morgan fingerprint density at radius 2 is 1.79 bits per heavy atom. The number of methoxy groups -OCH3 is 1. The average Bonchev–Trinajstić information content (AvgIpc) is 3.04. The number of rotatable bonds is 7. The van der Waals surface area contributed by atoms with Crippen molar-refractivity contribution in [3.8, 4) is 5.75 Å². The van der Waals surface area contributed by atoms with Gasteiger partial charge in [0.05, 0.1) is 7.11 Å². The highest BCUT2D eigenvalue weighted by molar-refractivity contribution is 6.06. The van der Waals surface area contributed by atoms with Crippen LogP contribution in [0.3, 0.4) is 0 Å². The first-order valence-electron chi connectivity index (χ1n) is 8.54. The predicted molar refractivity (Wildman–Crippen MR) is 106 cm³/mol. The summed E-state index contributed by atoms with van der Waals surface area (Å²) in [6, 6.07) is 15.6. The van der Waals surface area contributed by atoms with Gasteiger partial charge in [-0.3, -0.25) is 4.79 Å². The molecule has 2 N–H and O–H groups in total. The number of carboxylic acid groups (broad SMARTS) is 1. The lowest BCUT2D eigenvalue weighted by Crippen LogP contribution is -2.01. The number of ether oxygens (including phenoxy) is 1. The van der Waals surface area contributed by atoms with Crippen LogP contribution in [0.1, 0.15) is 11.1 Å². The smallest absolute Gasteiger partial charge is 0.371 e.